The van der Waals surface area contributed by atoms with E-state index in [1.807, 2.05) is 12.1 Å². The Kier molecular flexibility index (Phi) is 5.39. The van der Waals surface area contributed by atoms with Crippen molar-refractivity contribution in [3.8, 4) is 5.75 Å². The van der Waals surface area contributed by atoms with Crippen LogP contribution in [0.3, 0.4) is 0 Å². The number of ether oxygens (including phenoxy) is 1. The number of hydrogen-bond acceptors (Lipinski definition) is 3. The summed E-state index contributed by atoms with van der Waals surface area (Å²) in [7, 11) is 1.67. The number of methoxy groups -OCH3 is 1. The molecule has 0 aromatic heterocycles. The van der Waals surface area contributed by atoms with Crippen molar-refractivity contribution >= 4 is 5.97 Å². The predicted octanol–water partition coefficient (Wildman–Crippen LogP) is 3.89. The molecule has 1 aliphatic heterocycles. The largest absolute Gasteiger partial charge is 0.497 e. The number of hydrogen-bond donors (Lipinski definition) is 1. The van der Waals surface area contributed by atoms with Gasteiger partial charge >= 0.3 is 5.97 Å². The highest BCUT2D eigenvalue weighted by Gasteiger charge is 2.30. The normalized spacial score (nSPS) is 17.2. The third-order valence-corrected chi connectivity index (χ3v) is 5.07. The lowest BCUT2D eigenvalue weighted by molar-refractivity contribution is -0.143. The van der Waals surface area contributed by atoms with Gasteiger partial charge in [0, 0.05) is 0 Å². The van der Waals surface area contributed by atoms with E-state index in [0.717, 1.165) is 18.8 Å². The number of benzene rings is 2. The fourth-order valence-electron chi connectivity index (χ4n) is 3.55. The molecule has 1 heterocycles. The minimum absolute atomic E-state index is 0.140. The van der Waals surface area contributed by atoms with E-state index in [2.05, 4.69) is 48.2 Å². The fourth-order valence-corrected chi connectivity index (χ4v) is 3.55. The van der Waals surface area contributed by atoms with Gasteiger partial charge in [-0.3, -0.25) is 9.69 Å². The third-order valence-electron chi connectivity index (χ3n) is 5.07. The van der Waals surface area contributed by atoms with Gasteiger partial charge in [-0.1, -0.05) is 42.0 Å². The van der Waals surface area contributed by atoms with Crippen LogP contribution < -0.4 is 4.74 Å². The Balaban J connectivity index is 1.89. The Morgan fingerprint density at radius 1 is 1.04 bits per heavy atom. The van der Waals surface area contributed by atoms with Crippen molar-refractivity contribution in [2.75, 3.05) is 20.2 Å². The molecule has 1 atom stereocenters. The molecule has 1 aliphatic rings. The van der Waals surface area contributed by atoms with E-state index in [4.69, 9.17) is 4.74 Å². The summed E-state index contributed by atoms with van der Waals surface area (Å²) in [5.41, 5.74) is 3.68. The van der Waals surface area contributed by atoms with Gasteiger partial charge in [0.25, 0.3) is 0 Å². The van der Waals surface area contributed by atoms with Crippen LogP contribution in [0, 0.1) is 12.8 Å². The summed E-state index contributed by atoms with van der Waals surface area (Å²) in [5.74, 6) is -0.0437. The van der Waals surface area contributed by atoms with E-state index in [1.54, 1.807) is 7.11 Å². The standard InChI is InChI=1S/C21H25NO3/c1-15-3-5-16(6-4-15)20(17-7-9-19(25-2)10-8-17)22-13-11-18(12-14-22)21(23)24/h3-10,18,20H,11-14H2,1-2H3,(H,23,24). The average molecular weight is 339 g/mol. The number of likely N-dealkylation sites (tertiary alicyclic amines) is 1. The lowest BCUT2D eigenvalue weighted by Gasteiger charge is -2.37. The van der Waals surface area contributed by atoms with Gasteiger partial charge in [0.1, 0.15) is 5.75 Å². The molecule has 0 saturated carbocycles. The fraction of sp³-hybridized carbons (Fsp3) is 0.381. The van der Waals surface area contributed by atoms with Crippen LogP contribution in [0.5, 0.6) is 5.75 Å². The van der Waals surface area contributed by atoms with Crippen LogP contribution in [0.2, 0.25) is 0 Å². The molecule has 4 nitrogen and oxygen atoms in total. The zero-order chi connectivity index (χ0) is 17.8. The van der Waals surface area contributed by atoms with Gasteiger partial charge in [0.15, 0.2) is 0 Å². The molecule has 2 aromatic rings. The lowest BCUT2D eigenvalue weighted by Crippen LogP contribution is -2.39. The van der Waals surface area contributed by atoms with E-state index >= 15 is 0 Å². The SMILES string of the molecule is COc1ccc(C(c2ccc(C)cc2)N2CCC(C(=O)O)CC2)cc1. The Bertz CT molecular complexity index is 701. The first-order valence-corrected chi connectivity index (χ1v) is 8.76. The molecule has 132 valence electrons. The maximum absolute atomic E-state index is 11.2. The van der Waals surface area contributed by atoms with Crippen molar-refractivity contribution in [1.29, 1.82) is 0 Å². The summed E-state index contributed by atoms with van der Waals surface area (Å²) in [6.45, 7) is 3.67. The molecule has 1 fully saturated rings. The van der Waals surface area contributed by atoms with E-state index < -0.39 is 5.97 Å². The number of carbonyl (C=O) groups is 1. The van der Waals surface area contributed by atoms with Crippen LogP contribution in [-0.4, -0.2) is 36.2 Å². The Morgan fingerprint density at radius 2 is 1.56 bits per heavy atom. The number of piperidine rings is 1. The average Bonchev–Trinajstić information content (AvgIpc) is 2.64. The van der Waals surface area contributed by atoms with Crippen LogP contribution in [0.25, 0.3) is 0 Å². The van der Waals surface area contributed by atoms with Crippen LogP contribution in [0.4, 0.5) is 0 Å². The van der Waals surface area contributed by atoms with Crippen LogP contribution in [-0.2, 0) is 4.79 Å². The summed E-state index contributed by atoms with van der Waals surface area (Å²) in [6.07, 6.45) is 1.40. The van der Waals surface area contributed by atoms with E-state index in [0.29, 0.717) is 12.8 Å². The van der Waals surface area contributed by atoms with Gasteiger partial charge in [0.05, 0.1) is 19.1 Å². The summed E-state index contributed by atoms with van der Waals surface area (Å²) in [4.78, 5) is 13.6. The molecule has 1 saturated heterocycles. The molecule has 0 amide bonds. The number of carboxylic acids is 1. The second-order valence-corrected chi connectivity index (χ2v) is 6.73. The van der Waals surface area contributed by atoms with Crippen LogP contribution in [0.15, 0.2) is 48.5 Å². The number of aliphatic carboxylic acids is 1. The molecular weight excluding hydrogens is 314 g/mol. The quantitative estimate of drug-likeness (QED) is 0.898. The van der Waals surface area contributed by atoms with E-state index in [9.17, 15) is 9.90 Å². The zero-order valence-electron chi connectivity index (χ0n) is 14.8. The number of aryl methyl sites for hydroxylation is 1. The zero-order valence-corrected chi connectivity index (χ0v) is 14.8. The van der Waals surface area contributed by atoms with Crippen molar-refractivity contribution in [2.24, 2.45) is 5.92 Å². The molecule has 3 rings (SSSR count). The molecule has 0 radical (unpaired) electrons. The summed E-state index contributed by atoms with van der Waals surface area (Å²) in [5, 5.41) is 9.25. The maximum atomic E-state index is 11.2. The first kappa shape index (κ1) is 17.5. The Hall–Kier alpha value is -2.33. The molecule has 1 N–H and O–H groups in total. The highest BCUT2D eigenvalue weighted by molar-refractivity contribution is 5.70. The number of carboxylic acid groups (broad SMARTS) is 1. The van der Waals surface area contributed by atoms with Crippen molar-refractivity contribution in [2.45, 2.75) is 25.8 Å². The van der Waals surface area contributed by atoms with Gasteiger partial charge in [-0.25, -0.2) is 0 Å². The number of rotatable bonds is 5. The van der Waals surface area contributed by atoms with Crippen molar-refractivity contribution in [3.63, 3.8) is 0 Å². The minimum atomic E-state index is -0.670. The Morgan fingerprint density at radius 3 is 2.04 bits per heavy atom. The van der Waals surface area contributed by atoms with Crippen molar-refractivity contribution in [3.05, 3.63) is 65.2 Å². The summed E-state index contributed by atoms with van der Waals surface area (Å²) in [6, 6.07) is 16.9. The number of nitrogens with zero attached hydrogens (tertiary/aromatic N) is 1. The van der Waals surface area contributed by atoms with Gasteiger partial charge in [0.2, 0.25) is 0 Å². The van der Waals surface area contributed by atoms with Gasteiger partial charge in [-0.05, 0) is 56.1 Å². The second kappa shape index (κ2) is 7.70. The highest BCUT2D eigenvalue weighted by Crippen LogP contribution is 2.33. The third kappa shape index (κ3) is 4.02. The van der Waals surface area contributed by atoms with Crippen LogP contribution in [0.1, 0.15) is 35.6 Å². The van der Waals surface area contributed by atoms with E-state index in [1.165, 1.54) is 16.7 Å². The van der Waals surface area contributed by atoms with E-state index in [-0.39, 0.29) is 12.0 Å². The molecule has 0 bridgehead atoms. The molecule has 2 aromatic carbocycles. The molecule has 25 heavy (non-hydrogen) atoms. The van der Waals surface area contributed by atoms with Gasteiger partial charge in [-0.2, -0.15) is 0 Å². The second-order valence-electron chi connectivity index (χ2n) is 6.73. The first-order valence-electron chi connectivity index (χ1n) is 8.76. The smallest absolute Gasteiger partial charge is 0.306 e. The van der Waals surface area contributed by atoms with Gasteiger partial charge < -0.3 is 9.84 Å². The minimum Gasteiger partial charge on any atom is -0.497 e. The van der Waals surface area contributed by atoms with Gasteiger partial charge in [-0.15, -0.1) is 0 Å². The molecule has 1 unspecified atom stereocenters. The monoisotopic (exact) mass is 339 g/mol. The van der Waals surface area contributed by atoms with Crippen LogP contribution >= 0.6 is 0 Å². The van der Waals surface area contributed by atoms with Crippen molar-refractivity contribution in [1.82, 2.24) is 4.90 Å². The lowest BCUT2D eigenvalue weighted by atomic mass is 9.91. The Labute approximate surface area is 149 Å². The highest BCUT2D eigenvalue weighted by atomic mass is 16.5. The summed E-state index contributed by atoms with van der Waals surface area (Å²) < 4.78 is 5.28. The molecule has 0 aliphatic carbocycles. The summed E-state index contributed by atoms with van der Waals surface area (Å²) >= 11 is 0. The topological polar surface area (TPSA) is 49.8 Å². The maximum Gasteiger partial charge on any atom is 0.306 e. The molecular formula is C21H25NO3. The van der Waals surface area contributed by atoms with Crippen molar-refractivity contribution < 1.29 is 14.6 Å². The first-order chi connectivity index (χ1) is 12.1. The molecule has 4 heteroatoms. The predicted molar refractivity (Wildman–Crippen MR) is 97.9 cm³/mol. The molecule has 0 spiro atoms.